The summed E-state index contributed by atoms with van der Waals surface area (Å²) in [5.41, 5.74) is 0. The first kappa shape index (κ1) is 7.90. The standard InChI is InChI=1S/C8H15NOS/c10-8-1-3-9-7-2-4-11-5-6(7)8/h6-10H,1-5H2. The highest BCUT2D eigenvalue weighted by molar-refractivity contribution is 7.99. The number of aliphatic hydroxyl groups excluding tert-OH is 1. The third-order valence-corrected chi connectivity index (χ3v) is 3.89. The molecule has 11 heavy (non-hydrogen) atoms. The minimum Gasteiger partial charge on any atom is -0.393 e. The molecule has 0 aromatic heterocycles. The fourth-order valence-corrected chi connectivity index (χ4v) is 3.34. The highest BCUT2D eigenvalue weighted by atomic mass is 32.2. The lowest BCUT2D eigenvalue weighted by Gasteiger charge is -2.39. The Balaban J connectivity index is 1.99. The van der Waals surface area contributed by atoms with Crippen LogP contribution in [0.2, 0.25) is 0 Å². The van der Waals surface area contributed by atoms with Gasteiger partial charge < -0.3 is 10.4 Å². The van der Waals surface area contributed by atoms with Gasteiger partial charge in [0.15, 0.2) is 0 Å². The SMILES string of the molecule is OC1CCNC2CCSCC12. The molecule has 0 spiro atoms. The molecule has 2 fully saturated rings. The predicted molar refractivity (Wildman–Crippen MR) is 47.8 cm³/mol. The summed E-state index contributed by atoms with van der Waals surface area (Å²) in [6, 6.07) is 0.611. The van der Waals surface area contributed by atoms with Crippen molar-refractivity contribution in [3.8, 4) is 0 Å². The van der Waals surface area contributed by atoms with Crippen LogP contribution in [0.15, 0.2) is 0 Å². The van der Waals surface area contributed by atoms with Crippen molar-refractivity contribution in [1.82, 2.24) is 5.32 Å². The summed E-state index contributed by atoms with van der Waals surface area (Å²) in [6.45, 7) is 1.01. The van der Waals surface area contributed by atoms with Crippen LogP contribution < -0.4 is 5.32 Å². The number of fused-ring (bicyclic) bond motifs is 1. The lowest BCUT2D eigenvalue weighted by atomic mass is 9.88. The van der Waals surface area contributed by atoms with Crippen LogP contribution in [0.4, 0.5) is 0 Å². The number of thioether (sulfide) groups is 1. The van der Waals surface area contributed by atoms with Gasteiger partial charge in [-0.3, -0.25) is 0 Å². The summed E-state index contributed by atoms with van der Waals surface area (Å²) in [7, 11) is 0. The van der Waals surface area contributed by atoms with Crippen molar-refractivity contribution in [3.63, 3.8) is 0 Å². The highest BCUT2D eigenvalue weighted by Crippen LogP contribution is 2.29. The van der Waals surface area contributed by atoms with Crippen LogP contribution in [-0.4, -0.2) is 35.3 Å². The van der Waals surface area contributed by atoms with Crippen LogP contribution in [-0.2, 0) is 0 Å². The molecule has 0 amide bonds. The first-order valence-electron chi connectivity index (χ1n) is 4.37. The second-order valence-corrected chi connectivity index (χ2v) is 4.59. The second-order valence-electron chi connectivity index (χ2n) is 3.44. The quantitative estimate of drug-likeness (QED) is 0.558. The van der Waals surface area contributed by atoms with Crippen molar-refractivity contribution in [2.24, 2.45) is 5.92 Å². The van der Waals surface area contributed by atoms with Gasteiger partial charge in [-0.25, -0.2) is 0 Å². The molecule has 3 unspecified atom stereocenters. The number of piperidine rings is 1. The molecule has 64 valence electrons. The number of aliphatic hydroxyl groups is 1. The molecule has 2 N–H and O–H groups in total. The largest absolute Gasteiger partial charge is 0.393 e. The van der Waals surface area contributed by atoms with Gasteiger partial charge in [-0.05, 0) is 25.1 Å². The third kappa shape index (κ3) is 1.55. The van der Waals surface area contributed by atoms with Crippen molar-refractivity contribution in [3.05, 3.63) is 0 Å². The van der Waals surface area contributed by atoms with Crippen LogP contribution in [0.1, 0.15) is 12.8 Å². The summed E-state index contributed by atoms with van der Waals surface area (Å²) < 4.78 is 0. The Labute approximate surface area is 71.7 Å². The van der Waals surface area contributed by atoms with Crippen LogP contribution in [0, 0.1) is 5.92 Å². The molecule has 0 aromatic rings. The van der Waals surface area contributed by atoms with Gasteiger partial charge in [-0.2, -0.15) is 11.8 Å². The van der Waals surface area contributed by atoms with Crippen LogP contribution in [0.25, 0.3) is 0 Å². The van der Waals surface area contributed by atoms with Gasteiger partial charge in [0.1, 0.15) is 0 Å². The lowest BCUT2D eigenvalue weighted by molar-refractivity contribution is 0.0612. The van der Waals surface area contributed by atoms with Gasteiger partial charge >= 0.3 is 0 Å². The molecule has 0 bridgehead atoms. The molecule has 2 aliphatic heterocycles. The lowest BCUT2D eigenvalue weighted by Crippen LogP contribution is -2.51. The zero-order chi connectivity index (χ0) is 7.68. The molecule has 3 heteroatoms. The number of hydrogen-bond donors (Lipinski definition) is 2. The van der Waals surface area contributed by atoms with Gasteiger partial charge in [0, 0.05) is 17.7 Å². The summed E-state index contributed by atoms with van der Waals surface area (Å²) in [4.78, 5) is 0. The first-order valence-corrected chi connectivity index (χ1v) is 5.52. The van der Waals surface area contributed by atoms with E-state index in [1.54, 1.807) is 0 Å². The van der Waals surface area contributed by atoms with Crippen molar-refractivity contribution >= 4 is 11.8 Å². The predicted octanol–water partition coefficient (Wildman–Crippen LogP) is 0.462. The van der Waals surface area contributed by atoms with Gasteiger partial charge in [-0.15, -0.1) is 0 Å². The Hall–Kier alpha value is 0.270. The smallest absolute Gasteiger partial charge is 0.0603 e. The van der Waals surface area contributed by atoms with Crippen molar-refractivity contribution in [2.45, 2.75) is 25.0 Å². The van der Waals surface area contributed by atoms with E-state index in [1.165, 1.54) is 12.2 Å². The Morgan fingerprint density at radius 2 is 2.27 bits per heavy atom. The number of rotatable bonds is 0. The monoisotopic (exact) mass is 173 g/mol. The fourth-order valence-electron chi connectivity index (χ4n) is 2.02. The fraction of sp³-hybridized carbons (Fsp3) is 1.00. The van der Waals surface area contributed by atoms with E-state index in [4.69, 9.17) is 0 Å². The van der Waals surface area contributed by atoms with E-state index in [1.807, 2.05) is 11.8 Å². The minimum atomic E-state index is -0.0333. The van der Waals surface area contributed by atoms with Crippen molar-refractivity contribution < 1.29 is 5.11 Å². The number of hydrogen-bond acceptors (Lipinski definition) is 3. The first-order chi connectivity index (χ1) is 5.38. The van der Waals surface area contributed by atoms with E-state index < -0.39 is 0 Å². The van der Waals surface area contributed by atoms with Crippen molar-refractivity contribution in [2.75, 3.05) is 18.1 Å². The second kappa shape index (κ2) is 3.33. The van der Waals surface area contributed by atoms with E-state index in [-0.39, 0.29) is 6.10 Å². The molecular formula is C8H15NOS. The van der Waals surface area contributed by atoms with Gasteiger partial charge in [0.25, 0.3) is 0 Å². The topological polar surface area (TPSA) is 32.3 Å². The summed E-state index contributed by atoms with van der Waals surface area (Å²) >= 11 is 1.98. The van der Waals surface area contributed by atoms with E-state index >= 15 is 0 Å². The zero-order valence-electron chi connectivity index (χ0n) is 6.62. The Bertz CT molecular complexity index is 140. The van der Waals surface area contributed by atoms with E-state index in [0.717, 1.165) is 18.7 Å². The molecule has 2 aliphatic rings. The van der Waals surface area contributed by atoms with E-state index in [0.29, 0.717) is 12.0 Å². The summed E-state index contributed by atoms with van der Waals surface area (Å²) in [5, 5.41) is 13.1. The Kier molecular flexibility index (Phi) is 2.39. The summed E-state index contributed by atoms with van der Waals surface area (Å²) in [5.74, 6) is 2.95. The number of nitrogens with one attached hydrogen (secondary N) is 1. The minimum absolute atomic E-state index is 0.0333. The van der Waals surface area contributed by atoms with Crippen LogP contribution in [0.5, 0.6) is 0 Å². The normalized spacial score (nSPS) is 45.0. The molecule has 0 aromatic carbocycles. The van der Waals surface area contributed by atoms with Gasteiger partial charge in [0.2, 0.25) is 0 Å². The summed E-state index contributed by atoms with van der Waals surface area (Å²) in [6.07, 6.45) is 2.16. The average Bonchev–Trinajstić information content (AvgIpc) is 2.06. The van der Waals surface area contributed by atoms with Crippen molar-refractivity contribution in [1.29, 1.82) is 0 Å². The Morgan fingerprint density at radius 1 is 1.36 bits per heavy atom. The molecule has 3 atom stereocenters. The maximum absolute atomic E-state index is 9.65. The zero-order valence-corrected chi connectivity index (χ0v) is 7.44. The van der Waals surface area contributed by atoms with E-state index in [2.05, 4.69) is 5.32 Å². The molecule has 0 aliphatic carbocycles. The van der Waals surface area contributed by atoms with Crippen LogP contribution in [0.3, 0.4) is 0 Å². The van der Waals surface area contributed by atoms with Gasteiger partial charge in [-0.1, -0.05) is 0 Å². The average molecular weight is 173 g/mol. The molecule has 2 rings (SSSR count). The molecular weight excluding hydrogens is 158 g/mol. The van der Waals surface area contributed by atoms with Crippen LogP contribution >= 0.6 is 11.8 Å². The van der Waals surface area contributed by atoms with E-state index in [9.17, 15) is 5.11 Å². The third-order valence-electron chi connectivity index (χ3n) is 2.74. The molecule has 2 heterocycles. The maximum Gasteiger partial charge on any atom is 0.0603 e. The van der Waals surface area contributed by atoms with Gasteiger partial charge in [0.05, 0.1) is 6.10 Å². The molecule has 0 radical (unpaired) electrons. The molecule has 0 saturated carbocycles. The molecule has 2 saturated heterocycles. The maximum atomic E-state index is 9.65. The highest BCUT2D eigenvalue weighted by Gasteiger charge is 2.33. The Morgan fingerprint density at radius 3 is 3.09 bits per heavy atom. The molecule has 2 nitrogen and oxygen atoms in total.